The van der Waals surface area contributed by atoms with Crippen LogP contribution in [-0.4, -0.2) is 96.7 Å². The lowest BCUT2D eigenvalue weighted by molar-refractivity contribution is -0.161. The molecular formula is C71H138O17P2. The molecule has 0 aliphatic carbocycles. The molecule has 0 saturated carbocycles. The fourth-order valence-corrected chi connectivity index (χ4v) is 12.3. The van der Waals surface area contributed by atoms with Crippen LogP contribution in [0.2, 0.25) is 0 Å². The Morgan fingerprint density at radius 1 is 0.300 bits per heavy atom. The van der Waals surface area contributed by atoms with Gasteiger partial charge in [-0.1, -0.05) is 311 Å². The highest BCUT2D eigenvalue weighted by Gasteiger charge is 2.30. The number of unbranched alkanes of at least 4 members (excludes halogenated alkanes) is 40. The topological polar surface area (TPSA) is 237 Å². The van der Waals surface area contributed by atoms with Crippen molar-refractivity contribution in [1.29, 1.82) is 0 Å². The minimum Gasteiger partial charge on any atom is -0.462 e. The summed E-state index contributed by atoms with van der Waals surface area (Å²) >= 11 is 0. The van der Waals surface area contributed by atoms with Crippen molar-refractivity contribution in [3.05, 3.63) is 0 Å². The number of carbonyl (C=O) groups is 4. The highest BCUT2D eigenvalue weighted by Crippen LogP contribution is 2.45. The first-order valence-electron chi connectivity index (χ1n) is 37.0. The van der Waals surface area contributed by atoms with Gasteiger partial charge in [-0.05, 0) is 37.5 Å². The van der Waals surface area contributed by atoms with E-state index in [-0.39, 0.29) is 25.7 Å². The van der Waals surface area contributed by atoms with E-state index in [0.29, 0.717) is 31.6 Å². The number of phosphoric ester groups is 2. The predicted molar refractivity (Wildman–Crippen MR) is 363 cm³/mol. The summed E-state index contributed by atoms with van der Waals surface area (Å²) in [6.07, 6.45) is 49.3. The van der Waals surface area contributed by atoms with Crippen molar-refractivity contribution >= 4 is 39.5 Å². The number of carbonyl (C=O) groups excluding carboxylic acids is 4. The molecule has 0 aromatic heterocycles. The van der Waals surface area contributed by atoms with Crippen LogP contribution in [0.5, 0.6) is 0 Å². The van der Waals surface area contributed by atoms with Gasteiger partial charge in [0, 0.05) is 25.7 Å². The van der Waals surface area contributed by atoms with Gasteiger partial charge in [-0.15, -0.1) is 0 Å². The molecule has 0 aliphatic rings. The molecule has 0 heterocycles. The van der Waals surface area contributed by atoms with Crippen molar-refractivity contribution in [2.45, 2.75) is 381 Å². The van der Waals surface area contributed by atoms with Crippen LogP contribution in [0.1, 0.15) is 363 Å². The SMILES string of the molecule is CCCCCCCCCCCCCCCCCC(=O)OC[C@H](COP(=O)(O)OC[C@@H](O)COP(=O)(O)OC[C@@H](COC(=O)CCCCCCC)OC(=O)CCCCCCCCC(C)C)OC(=O)CCCCCCCCCCCCCCCCCCCCC(C)C. The van der Waals surface area contributed by atoms with Crippen molar-refractivity contribution in [2.75, 3.05) is 39.6 Å². The molecule has 0 aromatic rings. The van der Waals surface area contributed by atoms with Crippen LogP contribution in [0.4, 0.5) is 0 Å². The molecule has 90 heavy (non-hydrogen) atoms. The molecule has 2 unspecified atom stereocenters. The first kappa shape index (κ1) is 88.1. The third-order valence-corrected chi connectivity index (χ3v) is 18.4. The van der Waals surface area contributed by atoms with Crippen LogP contribution >= 0.6 is 15.6 Å². The number of aliphatic hydroxyl groups excluding tert-OH is 1. The zero-order valence-corrected chi connectivity index (χ0v) is 60.2. The summed E-state index contributed by atoms with van der Waals surface area (Å²) in [5.41, 5.74) is 0. The molecule has 0 saturated heterocycles. The van der Waals surface area contributed by atoms with E-state index in [1.807, 2.05) is 0 Å². The van der Waals surface area contributed by atoms with Crippen molar-refractivity contribution < 1.29 is 80.2 Å². The van der Waals surface area contributed by atoms with E-state index >= 15 is 0 Å². The summed E-state index contributed by atoms with van der Waals surface area (Å²) in [6, 6.07) is 0. The monoisotopic (exact) mass is 1320 g/mol. The number of phosphoric acid groups is 2. The maximum atomic E-state index is 13.0. The number of rotatable bonds is 70. The minimum atomic E-state index is -4.95. The highest BCUT2D eigenvalue weighted by molar-refractivity contribution is 7.47. The lowest BCUT2D eigenvalue weighted by Gasteiger charge is -2.21. The zero-order chi connectivity index (χ0) is 66.5. The van der Waals surface area contributed by atoms with Crippen LogP contribution in [0, 0.1) is 11.8 Å². The van der Waals surface area contributed by atoms with E-state index in [1.54, 1.807) is 0 Å². The van der Waals surface area contributed by atoms with Crippen LogP contribution in [0.15, 0.2) is 0 Å². The Balaban J connectivity index is 5.11. The Morgan fingerprint density at radius 2 is 0.511 bits per heavy atom. The molecule has 3 N–H and O–H groups in total. The van der Waals surface area contributed by atoms with Crippen molar-refractivity contribution in [1.82, 2.24) is 0 Å². The Bertz CT molecular complexity index is 1750. The van der Waals surface area contributed by atoms with Gasteiger partial charge in [0.1, 0.15) is 19.3 Å². The fourth-order valence-electron chi connectivity index (χ4n) is 10.8. The Hall–Kier alpha value is -1.94. The first-order valence-corrected chi connectivity index (χ1v) is 40.0. The molecule has 5 atom stereocenters. The molecule has 0 amide bonds. The summed E-state index contributed by atoms with van der Waals surface area (Å²) < 4.78 is 68.0. The van der Waals surface area contributed by atoms with Gasteiger partial charge in [0.05, 0.1) is 26.4 Å². The predicted octanol–water partition coefficient (Wildman–Crippen LogP) is 20.4. The average molecular weight is 1330 g/mol. The molecule has 0 radical (unpaired) electrons. The number of aliphatic hydroxyl groups is 1. The Morgan fingerprint density at radius 3 is 0.756 bits per heavy atom. The van der Waals surface area contributed by atoms with Crippen LogP contribution in [-0.2, 0) is 65.4 Å². The van der Waals surface area contributed by atoms with E-state index < -0.39 is 97.5 Å². The summed E-state index contributed by atoms with van der Waals surface area (Å²) in [4.78, 5) is 72.2. The van der Waals surface area contributed by atoms with Gasteiger partial charge in [-0.2, -0.15) is 0 Å². The summed E-state index contributed by atoms with van der Waals surface area (Å²) in [6.45, 7) is 9.41. The van der Waals surface area contributed by atoms with E-state index in [4.69, 9.17) is 37.0 Å². The Kier molecular flexibility index (Phi) is 61.8. The molecule has 0 spiro atoms. The normalized spacial score (nSPS) is 14.1. The van der Waals surface area contributed by atoms with Crippen molar-refractivity contribution in [3.63, 3.8) is 0 Å². The van der Waals surface area contributed by atoms with Gasteiger partial charge >= 0.3 is 39.5 Å². The minimum absolute atomic E-state index is 0.101. The molecule has 0 rings (SSSR count). The van der Waals surface area contributed by atoms with Gasteiger partial charge in [-0.3, -0.25) is 37.3 Å². The lowest BCUT2D eigenvalue weighted by Crippen LogP contribution is -2.30. The molecule has 0 fully saturated rings. The van der Waals surface area contributed by atoms with E-state index in [0.717, 1.165) is 102 Å². The van der Waals surface area contributed by atoms with Crippen LogP contribution < -0.4 is 0 Å². The standard InChI is InChI=1S/C71H138O17P2/c1-7-9-11-13-14-15-16-17-22-26-29-32-35-42-48-54-69(74)82-60-67(87-70(75)55-49-43-36-33-30-27-24-21-19-18-20-23-25-28-31-34-40-45-51-63(3)4)62-86-90(79,80)84-58-65(72)57-83-89(77,78)85-61-66(59-81-68(73)53-47-39-12-10-8-2)88-71(76)56-50-44-38-37-41-46-52-64(5)6/h63-67,72H,7-62H2,1-6H3,(H,77,78)(H,79,80)/t65-,66+,67+/m0/s1. The van der Waals surface area contributed by atoms with Crippen LogP contribution in [0.25, 0.3) is 0 Å². The third kappa shape index (κ3) is 64.8. The van der Waals surface area contributed by atoms with Gasteiger partial charge in [0.2, 0.25) is 0 Å². The summed E-state index contributed by atoms with van der Waals surface area (Å²) in [5, 5.41) is 10.5. The average Bonchev–Trinajstić information content (AvgIpc) is 3.54. The smallest absolute Gasteiger partial charge is 0.462 e. The maximum absolute atomic E-state index is 13.0. The van der Waals surface area contributed by atoms with E-state index in [1.165, 1.54) is 173 Å². The maximum Gasteiger partial charge on any atom is 0.472 e. The van der Waals surface area contributed by atoms with Gasteiger partial charge in [0.15, 0.2) is 12.2 Å². The molecule has 17 nitrogen and oxygen atoms in total. The van der Waals surface area contributed by atoms with E-state index in [2.05, 4.69) is 41.5 Å². The molecular weight excluding hydrogens is 1190 g/mol. The lowest BCUT2D eigenvalue weighted by atomic mass is 10.0. The van der Waals surface area contributed by atoms with Gasteiger partial charge in [-0.25, -0.2) is 9.13 Å². The molecule has 0 aromatic carbocycles. The molecule has 19 heteroatoms. The third-order valence-electron chi connectivity index (χ3n) is 16.5. The second-order valence-electron chi connectivity index (χ2n) is 26.6. The van der Waals surface area contributed by atoms with Gasteiger partial charge < -0.3 is 33.8 Å². The Labute approximate surface area is 549 Å². The van der Waals surface area contributed by atoms with Crippen molar-refractivity contribution in [2.24, 2.45) is 11.8 Å². The number of hydrogen-bond acceptors (Lipinski definition) is 15. The van der Waals surface area contributed by atoms with E-state index in [9.17, 15) is 43.2 Å². The quantitative estimate of drug-likeness (QED) is 0.0222. The molecule has 534 valence electrons. The fraction of sp³-hybridized carbons (Fsp3) is 0.944. The second kappa shape index (κ2) is 63.1. The van der Waals surface area contributed by atoms with Gasteiger partial charge in [0.25, 0.3) is 0 Å². The van der Waals surface area contributed by atoms with Crippen LogP contribution in [0.3, 0.4) is 0 Å². The number of hydrogen-bond donors (Lipinski definition) is 3. The second-order valence-corrected chi connectivity index (χ2v) is 29.5. The molecule has 0 bridgehead atoms. The molecule has 0 aliphatic heterocycles. The summed E-state index contributed by atoms with van der Waals surface area (Å²) in [7, 11) is -9.89. The largest absolute Gasteiger partial charge is 0.472 e. The first-order chi connectivity index (χ1) is 43.4. The van der Waals surface area contributed by atoms with Crippen molar-refractivity contribution in [3.8, 4) is 0 Å². The highest BCUT2D eigenvalue weighted by atomic mass is 31.2. The number of esters is 4. The zero-order valence-electron chi connectivity index (χ0n) is 58.4. The summed E-state index contributed by atoms with van der Waals surface area (Å²) in [5.74, 6) is -0.648. The number of ether oxygens (including phenoxy) is 4.